The summed E-state index contributed by atoms with van der Waals surface area (Å²) in [6.45, 7) is 6.38. The highest BCUT2D eigenvalue weighted by Gasteiger charge is 2.61. The molecule has 0 aromatic heterocycles. The quantitative estimate of drug-likeness (QED) is 0.411. The fourth-order valence-corrected chi connectivity index (χ4v) is 5.62. The lowest BCUT2D eigenvalue weighted by Gasteiger charge is -2.19. The molecule has 160 valence electrons. The summed E-state index contributed by atoms with van der Waals surface area (Å²) in [7, 11) is 0. The molecule has 1 aliphatic heterocycles. The normalized spacial score (nSPS) is 27.0. The molecule has 0 radical (unpaired) electrons. The van der Waals surface area contributed by atoms with Crippen LogP contribution in [0, 0.1) is 23.7 Å². The van der Waals surface area contributed by atoms with E-state index in [1.54, 1.807) is 36.4 Å². The topological polar surface area (TPSA) is 63.7 Å². The lowest BCUT2D eigenvalue weighted by Crippen LogP contribution is -2.32. The summed E-state index contributed by atoms with van der Waals surface area (Å²) < 4.78 is 5.53. The highest BCUT2D eigenvalue weighted by atomic mass is 16.5. The molecule has 0 spiro atoms. The molecule has 5 rings (SSSR count). The minimum atomic E-state index is -0.510. The zero-order valence-electron chi connectivity index (χ0n) is 18.1. The van der Waals surface area contributed by atoms with Crippen LogP contribution in [0.1, 0.15) is 56.0 Å². The Morgan fingerprint density at radius 3 is 2.13 bits per heavy atom. The average molecular weight is 418 g/mol. The zero-order valence-corrected chi connectivity index (χ0v) is 18.1. The lowest BCUT2D eigenvalue weighted by molar-refractivity contribution is -0.123. The van der Waals surface area contributed by atoms with Crippen molar-refractivity contribution in [3.8, 4) is 5.75 Å². The van der Waals surface area contributed by atoms with Crippen molar-refractivity contribution in [1.82, 2.24) is 0 Å². The van der Waals surface area contributed by atoms with Gasteiger partial charge in [0, 0.05) is 0 Å². The number of hydrogen-bond acceptors (Lipinski definition) is 4. The van der Waals surface area contributed by atoms with Crippen molar-refractivity contribution < 1.29 is 19.1 Å². The van der Waals surface area contributed by atoms with Crippen LogP contribution in [0.15, 0.2) is 48.5 Å². The van der Waals surface area contributed by atoms with Gasteiger partial charge in [-0.1, -0.05) is 39.0 Å². The lowest BCUT2D eigenvalue weighted by atomic mass is 9.81. The SMILES string of the molecule is CC(C)(C)c1ccc(OC(=O)c2cccc(N3C(=O)[C@@H]4[C@@H]5CC[C@@H](C5)[C@@H]4C3=O)c2)cc1. The number of anilines is 1. The molecule has 1 heterocycles. The first-order chi connectivity index (χ1) is 14.7. The molecule has 5 nitrogen and oxygen atoms in total. The fourth-order valence-electron chi connectivity index (χ4n) is 5.62. The van der Waals surface area contributed by atoms with Gasteiger partial charge in [-0.05, 0) is 72.4 Å². The second-order valence-corrected chi connectivity index (χ2v) is 10.1. The van der Waals surface area contributed by atoms with E-state index in [9.17, 15) is 14.4 Å². The highest BCUT2D eigenvalue weighted by Crippen LogP contribution is 2.56. The molecule has 0 N–H and O–H groups in total. The van der Waals surface area contributed by atoms with E-state index in [2.05, 4.69) is 20.8 Å². The van der Waals surface area contributed by atoms with Crippen LogP contribution in [0.4, 0.5) is 5.69 Å². The number of ether oxygens (including phenoxy) is 1. The Balaban J connectivity index is 1.35. The molecule has 1 saturated heterocycles. The number of amides is 2. The number of benzene rings is 2. The van der Waals surface area contributed by atoms with E-state index in [4.69, 9.17) is 4.74 Å². The van der Waals surface area contributed by atoms with Crippen LogP contribution in [0.5, 0.6) is 5.75 Å². The number of imide groups is 1. The standard InChI is InChI=1S/C26H27NO4/c1-26(2,3)18-9-11-20(12-10-18)31-25(30)17-5-4-6-19(14-17)27-23(28)21-15-7-8-16(13-15)22(21)24(27)29/h4-6,9-12,14-16,21-22H,7-8,13H2,1-3H3/t15-,16+,21-,22+. The van der Waals surface area contributed by atoms with Crippen LogP contribution >= 0.6 is 0 Å². The molecule has 5 heteroatoms. The Bertz CT molecular complexity index is 1040. The third-order valence-electron chi connectivity index (χ3n) is 7.20. The molecule has 0 unspecified atom stereocenters. The smallest absolute Gasteiger partial charge is 0.343 e. The number of hydrogen-bond donors (Lipinski definition) is 0. The van der Waals surface area contributed by atoms with Crippen LogP contribution in [0.25, 0.3) is 0 Å². The Kier molecular flexibility index (Phi) is 4.54. The van der Waals surface area contributed by atoms with Gasteiger partial charge in [-0.25, -0.2) is 4.79 Å². The Labute approximate surface area is 182 Å². The average Bonchev–Trinajstić information content (AvgIpc) is 3.41. The molecule has 2 bridgehead atoms. The summed E-state index contributed by atoms with van der Waals surface area (Å²) >= 11 is 0. The van der Waals surface area contributed by atoms with Crippen molar-refractivity contribution in [3.63, 3.8) is 0 Å². The molecular formula is C26H27NO4. The second kappa shape index (κ2) is 7.04. The molecule has 31 heavy (non-hydrogen) atoms. The largest absolute Gasteiger partial charge is 0.423 e. The number of carbonyl (C=O) groups excluding carboxylic acids is 3. The molecule has 4 atom stereocenters. The van der Waals surface area contributed by atoms with Crippen LogP contribution < -0.4 is 9.64 Å². The van der Waals surface area contributed by atoms with E-state index in [-0.39, 0.29) is 29.1 Å². The maximum absolute atomic E-state index is 13.1. The Hall–Kier alpha value is -2.95. The first-order valence-electron chi connectivity index (χ1n) is 11.0. The van der Waals surface area contributed by atoms with E-state index in [0.717, 1.165) is 24.8 Å². The zero-order chi connectivity index (χ0) is 21.9. The third kappa shape index (κ3) is 3.27. The minimum absolute atomic E-state index is 0.0173. The van der Waals surface area contributed by atoms with Gasteiger partial charge in [-0.15, -0.1) is 0 Å². The van der Waals surface area contributed by atoms with Crippen molar-refractivity contribution >= 4 is 23.5 Å². The van der Waals surface area contributed by atoms with Crippen LogP contribution in [-0.4, -0.2) is 17.8 Å². The van der Waals surface area contributed by atoms with Crippen molar-refractivity contribution in [2.75, 3.05) is 4.90 Å². The molecule has 2 aliphatic carbocycles. The van der Waals surface area contributed by atoms with Crippen LogP contribution in [0.3, 0.4) is 0 Å². The predicted octanol–water partition coefficient (Wildman–Crippen LogP) is 4.74. The van der Waals surface area contributed by atoms with Gasteiger partial charge in [0.15, 0.2) is 0 Å². The van der Waals surface area contributed by atoms with Crippen molar-refractivity contribution in [2.45, 2.75) is 45.4 Å². The monoisotopic (exact) mass is 417 g/mol. The number of nitrogens with zero attached hydrogens (tertiary/aromatic N) is 1. The second-order valence-electron chi connectivity index (χ2n) is 10.1. The van der Waals surface area contributed by atoms with E-state index in [1.165, 1.54) is 4.90 Å². The summed E-state index contributed by atoms with van der Waals surface area (Å²) in [4.78, 5) is 40.1. The number of carbonyl (C=O) groups is 3. The molecular weight excluding hydrogens is 390 g/mol. The first-order valence-corrected chi connectivity index (χ1v) is 11.0. The van der Waals surface area contributed by atoms with Crippen molar-refractivity contribution in [1.29, 1.82) is 0 Å². The summed E-state index contributed by atoms with van der Waals surface area (Å²) in [5.41, 5.74) is 1.95. The molecule has 3 aliphatic rings. The fraction of sp³-hybridized carbons (Fsp3) is 0.423. The summed E-state index contributed by atoms with van der Waals surface area (Å²) in [5, 5.41) is 0. The summed E-state index contributed by atoms with van der Waals surface area (Å²) in [6, 6.07) is 14.1. The van der Waals surface area contributed by atoms with Crippen molar-refractivity contribution in [3.05, 3.63) is 59.7 Å². The summed E-state index contributed by atoms with van der Waals surface area (Å²) in [5.74, 6) is 0.0521. The molecule has 2 saturated carbocycles. The number of rotatable bonds is 3. The van der Waals surface area contributed by atoms with Gasteiger partial charge in [0.2, 0.25) is 11.8 Å². The first kappa shape index (κ1) is 20.0. The van der Waals surface area contributed by atoms with E-state index >= 15 is 0 Å². The van der Waals surface area contributed by atoms with Gasteiger partial charge >= 0.3 is 5.97 Å². The maximum Gasteiger partial charge on any atom is 0.343 e. The van der Waals surface area contributed by atoms with Crippen LogP contribution in [-0.2, 0) is 15.0 Å². The van der Waals surface area contributed by atoms with E-state index < -0.39 is 5.97 Å². The molecule has 2 amide bonds. The van der Waals surface area contributed by atoms with Crippen LogP contribution in [0.2, 0.25) is 0 Å². The van der Waals surface area contributed by atoms with E-state index in [1.807, 2.05) is 12.1 Å². The maximum atomic E-state index is 13.1. The number of fused-ring (bicyclic) bond motifs is 5. The van der Waals surface area contributed by atoms with Gasteiger partial charge in [0.25, 0.3) is 0 Å². The van der Waals surface area contributed by atoms with Crippen molar-refractivity contribution in [2.24, 2.45) is 23.7 Å². The third-order valence-corrected chi connectivity index (χ3v) is 7.20. The minimum Gasteiger partial charge on any atom is -0.423 e. The van der Waals surface area contributed by atoms with Gasteiger partial charge in [-0.3, -0.25) is 14.5 Å². The molecule has 2 aromatic rings. The predicted molar refractivity (Wildman–Crippen MR) is 117 cm³/mol. The van der Waals surface area contributed by atoms with E-state index in [0.29, 0.717) is 28.8 Å². The molecule has 3 fully saturated rings. The van der Waals surface area contributed by atoms with Gasteiger partial charge < -0.3 is 4.74 Å². The summed E-state index contributed by atoms with van der Waals surface area (Å²) in [6.07, 6.45) is 3.08. The Morgan fingerprint density at radius 1 is 0.935 bits per heavy atom. The van der Waals surface area contributed by atoms with Gasteiger partial charge in [0.1, 0.15) is 5.75 Å². The number of esters is 1. The Morgan fingerprint density at radius 2 is 1.55 bits per heavy atom. The highest BCUT2D eigenvalue weighted by molar-refractivity contribution is 6.22. The molecule has 2 aromatic carbocycles. The van der Waals surface area contributed by atoms with Gasteiger partial charge in [-0.2, -0.15) is 0 Å². The van der Waals surface area contributed by atoms with Gasteiger partial charge in [0.05, 0.1) is 23.1 Å².